The van der Waals surface area contributed by atoms with Gasteiger partial charge < -0.3 is 4.57 Å². The lowest BCUT2D eigenvalue weighted by atomic mass is 9.98. The van der Waals surface area contributed by atoms with Crippen LogP contribution >= 0.6 is 0 Å². The van der Waals surface area contributed by atoms with Gasteiger partial charge in [-0.1, -0.05) is 188 Å². The summed E-state index contributed by atoms with van der Waals surface area (Å²) in [4.78, 5) is 10.9. The van der Waals surface area contributed by atoms with Gasteiger partial charge in [0.2, 0.25) is 0 Å². The van der Waals surface area contributed by atoms with Crippen LogP contribution in [0.25, 0.3) is 83.6 Å². The molecule has 9 aromatic carbocycles. The molecule has 2 aliphatic rings. The number of para-hydroxylation sites is 2. The summed E-state index contributed by atoms with van der Waals surface area (Å²) < 4.78 is 2.38. The molecule has 11 aromatic rings. The van der Waals surface area contributed by atoms with E-state index >= 15 is 0 Å². The summed E-state index contributed by atoms with van der Waals surface area (Å²) in [5.74, 6) is 0.746. The third-order valence-electron chi connectivity index (χ3n) is 13.5. The lowest BCUT2D eigenvalue weighted by Gasteiger charge is -2.31. The van der Waals surface area contributed by atoms with Gasteiger partial charge in [-0.3, -0.25) is 0 Å². The lowest BCUT2D eigenvalue weighted by Crippen LogP contribution is -2.72. The fraction of sp³-hybridized carbons (Fsp3) is 0.0169. The molecule has 1 aliphatic heterocycles. The van der Waals surface area contributed by atoms with E-state index in [9.17, 15) is 0 Å². The highest BCUT2D eigenvalue weighted by atomic mass is 28.3. The van der Waals surface area contributed by atoms with Crippen LogP contribution in [-0.4, -0.2) is 22.6 Å². The Morgan fingerprint density at radius 1 is 0.381 bits per heavy atom. The molecule has 0 atom stereocenters. The van der Waals surface area contributed by atoms with Crippen molar-refractivity contribution in [2.24, 2.45) is 0 Å². The molecular formula is C59H39N3Si. The molecule has 3 nitrogen and oxygen atoms in total. The predicted molar refractivity (Wildman–Crippen MR) is 264 cm³/mol. The summed E-state index contributed by atoms with van der Waals surface area (Å²) in [6.45, 7) is 0. The maximum Gasteiger partial charge on any atom is 0.180 e. The highest BCUT2D eigenvalue weighted by Gasteiger charge is 2.48. The molecule has 2 aromatic heterocycles. The number of benzene rings is 9. The van der Waals surface area contributed by atoms with Gasteiger partial charge in [0.15, 0.2) is 13.9 Å². The maximum absolute atomic E-state index is 5.51. The molecule has 294 valence electrons. The van der Waals surface area contributed by atoms with Crippen LogP contribution in [0.4, 0.5) is 0 Å². The smallest absolute Gasteiger partial charge is 0.180 e. The van der Waals surface area contributed by atoms with Crippen molar-refractivity contribution in [2.45, 2.75) is 6.42 Å². The standard InChI is InChI=1S/C59H39N3Si/c1-5-17-39(18-6-1)59-60-57(43-31-33-49-48-26-14-16-28-55(48)63(56(49)38-43,45-21-9-3-10-22-45)46-23-11-4-12-24-46)52-37-42-30-29-40(35-50(42)58(52)61-59)41-32-34-54-51(36-41)47-25-13-15-27-53(47)62(54)44-19-7-2-8-20-44/h1-36,38H,37H2. The van der Waals surface area contributed by atoms with E-state index in [0.29, 0.717) is 0 Å². The fourth-order valence-electron chi connectivity index (χ4n) is 10.7. The van der Waals surface area contributed by atoms with Gasteiger partial charge in [-0.2, -0.15) is 0 Å². The molecule has 0 N–H and O–H groups in total. The zero-order valence-electron chi connectivity index (χ0n) is 34.4. The second-order valence-corrected chi connectivity index (χ2v) is 20.6. The summed E-state index contributed by atoms with van der Waals surface area (Å²) >= 11 is 0. The van der Waals surface area contributed by atoms with E-state index < -0.39 is 8.07 Å². The van der Waals surface area contributed by atoms with Crippen LogP contribution in [0.1, 0.15) is 11.1 Å². The summed E-state index contributed by atoms with van der Waals surface area (Å²) in [7, 11) is -2.70. The molecule has 1 aliphatic carbocycles. The largest absolute Gasteiger partial charge is 0.309 e. The summed E-state index contributed by atoms with van der Waals surface area (Å²) in [5.41, 5.74) is 16.4. The summed E-state index contributed by atoms with van der Waals surface area (Å²) in [6.07, 6.45) is 0.774. The van der Waals surface area contributed by atoms with Gasteiger partial charge in [-0.05, 0) is 85.0 Å². The highest BCUT2D eigenvalue weighted by molar-refractivity contribution is 7.22. The molecule has 0 saturated carbocycles. The molecule has 0 unspecified atom stereocenters. The van der Waals surface area contributed by atoms with Crippen molar-refractivity contribution in [1.82, 2.24) is 14.5 Å². The van der Waals surface area contributed by atoms with Gasteiger partial charge in [0.05, 0.1) is 22.4 Å². The van der Waals surface area contributed by atoms with Crippen LogP contribution in [0, 0.1) is 0 Å². The summed E-state index contributed by atoms with van der Waals surface area (Å²) in [5, 5.41) is 8.12. The quantitative estimate of drug-likeness (QED) is 0.157. The van der Waals surface area contributed by atoms with Crippen molar-refractivity contribution in [3.8, 4) is 61.8 Å². The monoisotopic (exact) mass is 817 g/mol. The third kappa shape index (κ3) is 5.38. The molecule has 3 heterocycles. The summed E-state index contributed by atoms with van der Waals surface area (Å²) in [6, 6.07) is 82.5. The molecule has 0 fully saturated rings. The van der Waals surface area contributed by atoms with Gasteiger partial charge >= 0.3 is 0 Å². The molecule has 13 rings (SSSR count). The zero-order chi connectivity index (χ0) is 41.5. The Kier molecular flexibility index (Phi) is 7.99. The number of hydrogen-bond acceptors (Lipinski definition) is 2. The minimum atomic E-state index is -2.70. The number of hydrogen-bond donors (Lipinski definition) is 0. The Morgan fingerprint density at radius 3 is 1.75 bits per heavy atom. The second kappa shape index (κ2) is 14.1. The molecule has 63 heavy (non-hydrogen) atoms. The number of aromatic nitrogens is 3. The zero-order valence-corrected chi connectivity index (χ0v) is 35.4. The van der Waals surface area contributed by atoms with Crippen LogP contribution in [0.15, 0.2) is 224 Å². The molecule has 0 saturated heterocycles. The van der Waals surface area contributed by atoms with Gasteiger partial charge in [-0.15, -0.1) is 0 Å². The van der Waals surface area contributed by atoms with E-state index in [2.05, 4.69) is 229 Å². The lowest BCUT2D eigenvalue weighted by molar-refractivity contribution is 1.13. The van der Waals surface area contributed by atoms with E-state index in [0.717, 1.165) is 40.4 Å². The molecule has 0 amide bonds. The Bertz CT molecular complexity index is 3540. The Hall–Kier alpha value is -7.92. The van der Waals surface area contributed by atoms with Crippen molar-refractivity contribution < 1.29 is 0 Å². The molecule has 0 radical (unpaired) electrons. The normalized spacial score (nSPS) is 13.1. The highest BCUT2D eigenvalue weighted by Crippen LogP contribution is 2.44. The SMILES string of the molecule is c1ccc(-c2nc(-c3ccc4c(c3)[Si](c3ccccc3)(c3ccccc3)c3ccccc3-4)c3c(n2)-c2cc(-c4ccc5c(c4)c4ccccc4n5-c4ccccc4)ccc2C3)cc1. The first-order valence-corrected chi connectivity index (χ1v) is 23.8. The molecule has 0 bridgehead atoms. The minimum absolute atomic E-state index is 0.746. The van der Waals surface area contributed by atoms with E-state index in [1.807, 2.05) is 0 Å². The van der Waals surface area contributed by atoms with Gasteiger partial charge in [0, 0.05) is 45.1 Å². The van der Waals surface area contributed by atoms with E-state index in [1.165, 1.54) is 81.5 Å². The average Bonchev–Trinajstić information content (AvgIpc) is 4.00. The predicted octanol–water partition coefficient (Wildman–Crippen LogP) is 11.5. The maximum atomic E-state index is 5.51. The topological polar surface area (TPSA) is 30.7 Å². The van der Waals surface area contributed by atoms with Crippen LogP contribution in [0.3, 0.4) is 0 Å². The van der Waals surface area contributed by atoms with Crippen LogP contribution in [-0.2, 0) is 6.42 Å². The number of fused-ring (bicyclic) bond motifs is 9. The van der Waals surface area contributed by atoms with Crippen molar-refractivity contribution in [3.63, 3.8) is 0 Å². The number of rotatable bonds is 6. The Labute approximate surface area is 367 Å². The third-order valence-corrected chi connectivity index (χ3v) is 18.4. The number of nitrogens with zero attached hydrogens (tertiary/aromatic N) is 3. The Morgan fingerprint density at radius 2 is 0.968 bits per heavy atom. The van der Waals surface area contributed by atoms with Crippen molar-refractivity contribution in [3.05, 3.63) is 236 Å². The first kappa shape index (κ1) is 35.8. The van der Waals surface area contributed by atoms with E-state index in [4.69, 9.17) is 9.97 Å². The van der Waals surface area contributed by atoms with Crippen LogP contribution < -0.4 is 20.7 Å². The Balaban J connectivity index is 0.998. The second-order valence-electron chi connectivity index (χ2n) is 16.8. The van der Waals surface area contributed by atoms with E-state index in [-0.39, 0.29) is 0 Å². The van der Waals surface area contributed by atoms with Gasteiger partial charge in [-0.25, -0.2) is 9.97 Å². The van der Waals surface area contributed by atoms with Crippen LogP contribution in [0.5, 0.6) is 0 Å². The first-order chi connectivity index (χ1) is 31.2. The van der Waals surface area contributed by atoms with Crippen molar-refractivity contribution in [1.29, 1.82) is 0 Å². The average molecular weight is 818 g/mol. The van der Waals surface area contributed by atoms with Crippen molar-refractivity contribution >= 4 is 50.6 Å². The van der Waals surface area contributed by atoms with Crippen LogP contribution in [0.2, 0.25) is 0 Å². The minimum Gasteiger partial charge on any atom is -0.309 e. The fourth-order valence-corrected chi connectivity index (χ4v) is 16.0. The molecule has 4 heteroatoms. The van der Waals surface area contributed by atoms with Gasteiger partial charge in [0.1, 0.15) is 0 Å². The van der Waals surface area contributed by atoms with E-state index in [1.54, 1.807) is 0 Å². The first-order valence-electron chi connectivity index (χ1n) is 21.8. The molecular weight excluding hydrogens is 779 g/mol. The molecule has 0 spiro atoms. The van der Waals surface area contributed by atoms with Gasteiger partial charge in [0.25, 0.3) is 0 Å². The van der Waals surface area contributed by atoms with Crippen molar-refractivity contribution in [2.75, 3.05) is 0 Å².